The van der Waals surface area contributed by atoms with E-state index in [-0.39, 0.29) is 24.8 Å². The zero-order chi connectivity index (χ0) is 19.3. The van der Waals surface area contributed by atoms with Gasteiger partial charge in [-0.05, 0) is 50.4 Å². The Bertz CT molecular complexity index is 451. The van der Waals surface area contributed by atoms with Crippen molar-refractivity contribution < 1.29 is 22.7 Å². The molecule has 2 atom stereocenters. The predicted molar refractivity (Wildman–Crippen MR) is 93.7 cm³/mol. The second-order valence-corrected chi connectivity index (χ2v) is 7.95. The van der Waals surface area contributed by atoms with Crippen molar-refractivity contribution in [1.82, 2.24) is 10.2 Å². The number of nitrogens with zero attached hydrogens (tertiary/aromatic N) is 1. The van der Waals surface area contributed by atoms with Crippen molar-refractivity contribution in [1.29, 1.82) is 0 Å². The van der Waals surface area contributed by atoms with Crippen LogP contribution in [0.4, 0.5) is 18.0 Å². The van der Waals surface area contributed by atoms with Crippen LogP contribution in [0.15, 0.2) is 0 Å². The summed E-state index contributed by atoms with van der Waals surface area (Å²) in [5.41, 5.74) is 6.14. The summed E-state index contributed by atoms with van der Waals surface area (Å²) < 4.78 is 43.1. The number of amides is 2. The van der Waals surface area contributed by atoms with Crippen LogP contribution in [0.25, 0.3) is 0 Å². The SMILES string of the molecule is CC(C)[C@H]1CC[C@@H](OC[C@H]2[C@@H](N)CCCN2C(=O)NCC(F)(F)F)CC1. The van der Waals surface area contributed by atoms with E-state index in [2.05, 4.69) is 13.8 Å². The van der Waals surface area contributed by atoms with Gasteiger partial charge in [0, 0.05) is 12.6 Å². The Balaban J connectivity index is 1.85. The van der Waals surface area contributed by atoms with E-state index in [0.717, 1.165) is 38.0 Å². The number of ether oxygens (including phenoxy) is 1. The van der Waals surface area contributed by atoms with E-state index >= 15 is 0 Å². The van der Waals surface area contributed by atoms with Crippen molar-refractivity contribution in [3.05, 3.63) is 0 Å². The summed E-state index contributed by atoms with van der Waals surface area (Å²) in [6, 6.07) is -1.36. The number of hydrogen-bond donors (Lipinski definition) is 2. The lowest BCUT2D eigenvalue weighted by molar-refractivity contribution is -0.123. The average Bonchev–Trinajstić information content (AvgIpc) is 2.58. The predicted octanol–water partition coefficient (Wildman–Crippen LogP) is 3.28. The number of carbonyl (C=O) groups excluding carboxylic acids is 1. The molecule has 0 aromatic carbocycles. The molecule has 2 amide bonds. The molecule has 152 valence electrons. The minimum absolute atomic E-state index is 0.152. The molecule has 3 N–H and O–H groups in total. The van der Waals surface area contributed by atoms with E-state index in [9.17, 15) is 18.0 Å². The van der Waals surface area contributed by atoms with Crippen LogP contribution >= 0.6 is 0 Å². The first-order valence-corrected chi connectivity index (χ1v) is 9.65. The number of likely N-dealkylation sites (tertiary alicyclic amines) is 1. The van der Waals surface area contributed by atoms with Gasteiger partial charge in [-0.1, -0.05) is 13.8 Å². The van der Waals surface area contributed by atoms with Gasteiger partial charge >= 0.3 is 12.2 Å². The number of halogens is 3. The lowest BCUT2D eigenvalue weighted by Gasteiger charge is -2.40. The quantitative estimate of drug-likeness (QED) is 0.770. The molecule has 8 heteroatoms. The maximum atomic E-state index is 12.4. The van der Waals surface area contributed by atoms with Gasteiger partial charge in [0.25, 0.3) is 0 Å². The van der Waals surface area contributed by atoms with Crippen LogP contribution in [0.5, 0.6) is 0 Å². The van der Waals surface area contributed by atoms with E-state index in [1.165, 1.54) is 4.90 Å². The number of nitrogens with two attached hydrogens (primary N) is 1. The zero-order valence-electron chi connectivity index (χ0n) is 15.7. The van der Waals surface area contributed by atoms with E-state index in [0.29, 0.717) is 18.9 Å². The third-order valence-corrected chi connectivity index (χ3v) is 5.70. The zero-order valence-corrected chi connectivity index (χ0v) is 15.7. The normalized spacial score (nSPS) is 30.5. The van der Waals surface area contributed by atoms with Crippen molar-refractivity contribution in [2.24, 2.45) is 17.6 Å². The first-order valence-electron chi connectivity index (χ1n) is 9.65. The van der Waals surface area contributed by atoms with Gasteiger partial charge in [0.05, 0.1) is 18.8 Å². The van der Waals surface area contributed by atoms with E-state index in [4.69, 9.17) is 10.5 Å². The first-order chi connectivity index (χ1) is 12.2. The molecule has 2 fully saturated rings. The highest BCUT2D eigenvalue weighted by molar-refractivity contribution is 5.74. The Morgan fingerprint density at radius 2 is 1.88 bits per heavy atom. The van der Waals surface area contributed by atoms with Gasteiger partial charge in [0.1, 0.15) is 6.54 Å². The number of carbonyl (C=O) groups is 1. The fraction of sp³-hybridized carbons (Fsp3) is 0.944. The third kappa shape index (κ3) is 6.30. The summed E-state index contributed by atoms with van der Waals surface area (Å²) in [6.07, 6.45) is 1.42. The molecule has 0 bridgehead atoms. The molecule has 0 spiro atoms. The van der Waals surface area contributed by atoms with Gasteiger partial charge in [-0.25, -0.2) is 4.79 Å². The van der Waals surface area contributed by atoms with Crippen molar-refractivity contribution in [3.63, 3.8) is 0 Å². The number of nitrogens with one attached hydrogen (secondary N) is 1. The maximum Gasteiger partial charge on any atom is 0.405 e. The van der Waals surface area contributed by atoms with Crippen molar-refractivity contribution in [2.75, 3.05) is 19.7 Å². The molecular formula is C18H32F3N3O2. The van der Waals surface area contributed by atoms with E-state index in [1.807, 2.05) is 5.32 Å². The molecule has 1 aliphatic heterocycles. The van der Waals surface area contributed by atoms with Crippen molar-refractivity contribution in [2.45, 2.75) is 76.7 Å². The number of alkyl halides is 3. The topological polar surface area (TPSA) is 67.6 Å². The molecule has 1 saturated heterocycles. The Hall–Kier alpha value is -1.02. The fourth-order valence-electron chi connectivity index (χ4n) is 3.99. The van der Waals surface area contributed by atoms with Crippen molar-refractivity contribution in [3.8, 4) is 0 Å². The van der Waals surface area contributed by atoms with Crippen LogP contribution in [0.2, 0.25) is 0 Å². The van der Waals surface area contributed by atoms with Crippen LogP contribution < -0.4 is 11.1 Å². The van der Waals surface area contributed by atoms with Crippen LogP contribution in [-0.4, -0.2) is 55.0 Å². The lowest BCUT2D eigenvalue weighted by Crippen LogP contribution is -2.59. The summed E-state index contributed by atoms with van der Waals surface area (Å²) in [6.45, 7) is 3.85. The molecule has 1 saturated carbocycles. The number of urea groups is 1. The molecule has 5 nitrogen and oxygen atoms in total. The number of piperidine rings is 1. The second kappa shape index (κ2) is 9.26. The summed E-state index contributed by atoms with van der Waals surface area (Å²) in [5.74, 6) is 1.41. The minimum atomic E-state index is -4.42. The Kier molecular flexibility index (Phi) is 7.58. The fourth-order valence-corrected chi connectivity index (χ4v) is 3.99. The molecule has 0 aromatic heterocycles. The van der Waals surface area contributed by atoms with Gasteiger partial charge in [-0.3, -0.25) is 0 Å². The summed E-state index contributed by atoms with van der Waals surface area (Å²) in [4.78, 5) is 13.6. The average molecular weight is 379 g/mol. The minimum Gasteiger partial charge on any atom is -0.376 e. The van der Waals surface area contributed by atoms with Gasteiger partial charge in [-0.15, -0.1) is 0 Å². The number of hydrogen-bond acceptors (Lipinski definition) is 3. The third-order valence-electron chi connectivity index (χ3n) is 5.70. The van der Waals surface area contributed by atoms with Crippen LogP contribution in [0.3, 0.4) is 0 Å². The summed E-state index contributed by atoms with van der Waals surface area (Å²) in [5, 5.41) is 1.95. The molecule has 0 unspecified atom stereocenters. The second-order valence-electron chi connectivity index (χ2n) is 7.95. The molecule has 2 rings (SSSR count). The Morgan fingerprint density at radius 3 is 2.46 bits per heavy atom. The Morgan fingerprint density at radius 1 is 1.23 bits per heavy atom. The molecule has 2 aliphatic rings. The lowest BCUT2D eigenvalue weighted by atomic mass is 9.80. The van der Waals surface area contributed by atoms with Gasteiger partial charge in [-0.2, -0.15) is 13.2 Å². The van der Waals surface area contributed by atoms with Gasteiger partial charge in [0.15, 0.2) is 0 Å². The van der Waals surface area contributed by atoms with E-state index < -0.39 is 18.8 Å². The van der Waals surface area contributed by atoms with Crippen LogP contribution in [-0.2, 0) is 4.74 Å². The highest BCUT2D eigenvalue weighted by Crippen LogP contribution is 2.31. The van der Waals surface area contributed by atoms with E-state index in [1.54, 1.807) is 0 Å². The summed E-state index contributed by atoms with van der Waals surface area (Å²) in [7, 11) is 0. The first kappa shape index (κ1) is 21.3. The van der Waals surface area contributed by atoms with Crippen molar-refractivity contribution >= 4 is 6.03 Å². The van der Waals surface area contributed by atoms with Gasteiger partial charge in [0.2, 0.25) is 0 Å². The van der Waals surface area contributed by atoms with Crippen LogP contribution in [0.1, 0.15) is 52.4 Å². The monoisotopic (exact) mass is 379 g/mol. The standard InChI is InChI=1S/C18H32F3N3O2/c1-12(2)13-5-7-14(8-6-13)26-10-16-15(22)4-3-9-24(16)17(25)23-11-18(19,20)21/h12-16H,3-11,22H2,1-2H3,(H,23,25)/t13-,14+,15-,16-/m0/s1. The molecule has 1 aliphatic carbocycles. The smallest absolute Gasteiger partial charge is 0.376 e. The van der Waals surface area contributed by atoms with Gasteiger partial charge < -0.3 is 20.7 Å². The molecule has 0 radical (unpaired) electrons. The summed E-state index contributed by atoms with van der Waals surface area (Å²) >= 11 is 0. The highest BCUT2D eigenvalue weighted by atomic mass is 19.4. The molecule has 1 heterocycles. The largest absolute Gasteiger partial charge is 0.405 e. The van der Waals surface area contributed by atoms with Crippen LogP contribution in [0, 0.1) is 11.8 Å². The number of rotatable bonds is 5. The highest BCUT2D eigenvalue weighted by Gasteiger charge is 2.35. The Labute approximate surface area is 153 Å². The molecule has 26 heavy (non-hydrogen) atoms. The molecular weight excluding hydrogens is 347 g/mol. The maximum absolute atomic E-state index is 12.4. The molecule has 0 aromatic rings.